The van der Waals surface area contributed by atoms with E-state index in [1.165, 1.54) is 31.5 Å². The molecule has 0 aliphatic heterocycles. The minimum absolute atomic E-state index is 0.695. The van der Waals surface area contributed by atoms with Crippen LogP contribution in [0.4, 0.5) is 0 Å². The first-order valence-corrected chi connectivity index (χ1v) is 8.49. The van der Waals surface area contributed by atoms with Gasteiger partial charge in [-0.15, -0.1) is 0 Å². The summed E-state index contributed by atoms with van der Waals surface area (Å²) in [5, 5.41) is 14.8. The Bertz CT molecular complexity index is 484. The van der Waals surface area contributed by atoms with Crippen LogP contribution in [0.5, 0.6) is 0 Å². The summed E-state index contributed by atoms with van der Waals surface area (Å²) in [4.78, 5) is 20.7. The van der Waals surface area contributed by atoms with Crippen LogP contribution in [0.3, 0.4) is 0 Å². The van der Waals surface area contributed by atoms with Crippen LogP contribution in [0.25, 0.3) is 6.08 Å². The molecule has 0 amide bonds. The number of ether oxygens (including phenoxy) is 1. The molecule has 6 heteroatoms. The second-order valence-electron chi connectivity index (χ2n) is 5.34. The van der Waals surface area contributed by atoms with Crippen molar-refractivity contribution in [2.24, 2.45) is 0 Å². The number of benzene rings is 1. The predicted octanol–water partition coefficient (Wildman–Crippen LogP) is 2.99. The normalized spacial score (nSPS) is 10.5. The molecule has 1 aromatic carbocycles. The highest BCUT2D eigenvalue weighted by molar-refractivity contribution is 6.27. The summed E-state index contributed by atoms with van der Waals surface area (Å²) in [6.07, 6.45) is 6.62. The van der Waals surface area contributed by atoms with Crippen LogP contribution in [-0.2, 0) is 14.3 Å². The summed E-state index contributed by atoms with van der Waals surface area (Å²) in [7, 11) is 0. The molecule has 0 unspecified atom stereocenters. The van der Waals surface area contributed by atoms with Crippen molar-refractivity contribution in [2.45, 2.75) is 26.7 Å². The zero-order chi connectivity index (χ0) is 18.9. The van der Waals surface area contributed by atoms with E-state index in [0.29, 0.717) is 6.61 Å². The van der Waals surface area contributed by atoms with Crippen molar-refractivity contribution in [2.75, 3.05) is 32.8 Å². The molecule has 140 valence electrons. The molecule has 25 heavy (non-hydrogen) atoms. The second kappa shape index (κ2) is 15.4. The minimum atomic E-state index is -1.82. The van der Waals surface area contributed by atoms with E-state index in [4.69, 9.17) is 24.5 Å². The average Bonchev–Trinajstić information content (AvgIpc) is 2.59. The summed E-state index contributed by atoms with van der Waals surface area (Å²) < 4.78 is 5.65. The Morgan fingerprint density at radius 1 is 1.00 bits per heavy atom. The number of carbonyl (C=O) groups is 2. The molecule has 0 saturated heterocycles. The van der Waals surface area contributed by atoms with Gasteiger partial charge in [0.25, 0.3) is 0 Å². The zero-order valence-electron chi connectivity index (χ0n) is 15.1. The number of hydrogen-bond donors (Lipinski definition) is 2. The Kier molecular flexibility index (Phi) is 14.0. The monoisotopic (exact) mass is 351 g/mol. The van der Waals surface area contributed by atoms with Crippen LogP contribution >= 0.6 is 0 Å². The second-order valence-corrected chi connectivity index (χ2v) is 5.34. The van der Waals surface area contributed by atoms with E-state index < -0.39 is 11.9 Å². The van der Waals surface area contributed by atoms with Gasteiger partial charge in [0.05, 0.1) is 13.2 Å². The summed E-state index contributed by atoms with van der Waals surface area (Å²) in [5.74, 6) is -3.65. The number of carboxylic acids is 2. The maximum atomic E-state index is 9.10. The Morgan fingerprint density at radius 3 is 2.04 bits per heavy atom. The molecular formula is C19H29NO5. The lowest BCUT2D eigenvalue weighted by Gasteiger charge is -2.20. The summed E-state index contributed by atoms with van der Waals surface area (Å²) in [6.45, 7) is 9.37. The topological polar surface area (TPSA) is 87.1 Å². The molecule has 1 aromatic rings. The lowest BCUT2D eigenvalue weighted by Crippen LogP contribution is -2.29. The molecule has 0 aliphatic rings. The van der Waals surface area contributed by atoms with Gasteiger partial charge in [0.15, 0.2) is 0 Å². The molecule has 0 aliphatic carbocycles. The molecule has 0 radical (unpaired) electrons. The third-order valence-electron chi connectivity index (χ3n) is 3.14. The molecule has 0 fully saturated rings. The average molecular weight is 351 g/mol. The summed E-state index contributed by atoms with van der Waals surface area (Å²) >= 11 is 0. The first-order chi connectivity index (χ1) is 12.0. The van der Waals surface area contributed by atoms with Crippen LogP contribution in [0.1, 0.15) is 32.3 Å². The fourth-order valence-electron chi connectivity index (χ4n) is 2.06. The van der Waals surface area contributed by atoms with Gasteiger partial charge in [0, 0.05) is 6.54 Å². The first kappa shape index (κ1) is 22.8. The van der Waals surface area contributed by atoms with Crippen molar-refractivity contribution in [3.63, 3.8) is 0 Å². The molecule has 0 bridgehead atoms. The van der Waals surface area contributed by atoms with E-state index in [-0.39, 0.29) is 0 Å². The number of aliphatic carboxylic acids is 2. The number of hydrogen-bond acceptors (Lipinski definition) is 4. The van der Waals surface area contributed by atoms with Crippen LogP contribution < -0.4 is 0 Å². The van der Waals surface area contributed by atoms with Crippen LogP contribution in [-0.4, -0.2) is 59.9 Å². The maximum Gasteiger partial charge on any atom is 0.414 e. The van der Waals surface area contributed by atoms with Crippen molar-refractivity contribution >= 4 is 18.0 Å². The Labute approximate surface area is 149 Å². The number of rotatable bonds is 10. The fraction of sp³-hybridized carbons (Fsp3) is 0.474. The van der Waals surface area contributed by atoms with Crippen molar-refractivity contribution in [1.29, 1.82) is 0 Å². The summed E-state index contributed by atoms with van der Waals surface area (Å²) in [5.41, 5.74) is 1.23. The zero-order valence-corrected chi connectivity index (χ0v) is 15.1. The number of carboxylic acid groups (broad SMARTS) is 2. The van der Waals surface area contributed by atoms with Crippen LogP contribution in [0.15, 0.2) is 36.4 Å². The molecule has 0 saturated carbocycles. The van der Waals surface area contributed by atoms with Crippen LogP contribution in [0, 0.1) is 0 Å². The van der Waals surface area contributed by atoms with E-state index in [1.54, 1.807) is 0 Å². The lowest BCUT2D eigenvalue weighted by molar-refractivity contribution is -0.159. The fourth-order valence-corrected chi connectivity index (χ4v) is 2.06. The largest absolute Gasteiger partial charge is 0.473 e. The van der Waals surface area contributed by atoms with Gasteiger partial charge in [0.2, 0.25) is 0 Å². The molecule has 0 atom stereocenters. The highest BCUT2D eigenvalue weighted by Crippen LogP contribution is 2.00. The Hall–Kier alpha value is -2.18. The van der Waals surface area contributed by atoms with Crippen molar-refractivity contribution in [3.05, 3.63) is 42.0 Å². The van der Waals surface area contributed by atoms with Gasteiger partial charge < -0.3 is 19.8 Å². The van der Waals surface area contributed by atoms with Gasteiger partial charge in [-0.05, 0) is 31.5 Å². The van der Waals surface area contributed by atoms with E-state index in [9.17, 15) is 0 Å². The van der Waals surface area contributed by atoms with Gasteiger partial charge in [-0.2, -0.15) is 0 Å². The van der Waals surface area contributed by atoms with Gasteiger partial charge in [-0.3, -0.25) is 0 Å². The van der Waals surface area contributed by atoms with Gasteiger partial charge in [0.1, 0.15) is 0 Å². The molecule has 0 heterocycles. The highest BCUT2D eigenvalue weighted by Gasteiger charge is 2.04. The Balaban J connectivity index is 0.000000823. The standard InChI is InChI=1S/C17H27NO.C2H2O4/c1-3-12-18(13-4-2)14-16-19-15-8-11-17-9-6-5-7-10-17;3-1(4)2(5)6/h5-11H,3-4,12-16H2,1-2H3;(H,3,4)(H,5,6)/b11-8+;. The quantitative estimate of drug-likeness (QED) is 0.498. The molecule has 1 rings (SSSR count). The van der Waals surface area contributed by atoms with Gasteiger partial charge in [-0.25, -0.2) is 9.59 Å². The lowest BCUT2D eigenvalue weighted by atomic mass is 10.2. The van der Waals surface area contributed by atoms with E-state index in [2.05, 4.69) is 43.0 Å². The van der Waals surface area contributed by atoms with Gasteiger partial charge in [-0.1, -0.05) is 56.3 Å². The van der Waals surface area contributed by atoms with E-state index >= 15 is 0 Å². The van der Waals surface area contributed by atoms with E-state index in [0.717, 1.165) is 13.2 Å². The molecule has 6 nitrogen and oxygen atoms in total. The van der Waals surface area contributed by atoms with Crippen molar-refractivity contribution in [1.82, 2.24) is 4.90 Å². The van der Waals surface area contributed by atoms with Gasteiger partial charge >= 0.3 is 11.9 Å². The predicted molar refractivity (Wildman–Crippen MR) is 98.6 cm³/mol. The maximum absolute atomic E-state index is 9.10. The first-order valence-electron chi connectivity index (χ1n) is 8.49. The third kappa shape index (κ3) is 13.9. The SMILES string of the molecule is CCCN(CCC)CCOC/C=C/c1ccccc1.O=C(O)C(=O)O. The van der Waals surface area contributed by atoms with Crippen LogP contribution in [0.2, 0.25) is 0 Å². The van der Waals surface area contributed by atoms with E-state index in [1.807, 2.05) is 18.2 Å². The molecule has 0 aromatic heterocycles. The minimum Gasteiger partial charge on any atom is -0.473 e. The highest BCUT2D eigenvalue weighted by atomic mass is 16.5. The Morgan fingerprint density at radius 2 is 1.56 bits per heavy atom. The number of nitrogens with zero attached hydrogens (tertiary/aromatic N) is 1. The van der Waals surface area contributed by atoms with Crippen molar-refractivity contribution < 1.29 is 24.5 Å². The third-order valence-corrected chi connectivity index (χ3v) is 3.14. The molecule has 0 spiro atoms. The molecule has 2 N–H and O–H groups in total. The smallest absolute Gasteiger partial charge is 0.414 e. The van der Waals surface area contributed by atoms with Crippen molar-refractivity contribution in [3.8, 4) is 0 Å². The summed E-state index contributed by atoms with van der Waals surface area (Å²) in [6, 6.07) is 10.3. The molecular weight excluding hydrogens is 322 g/mol.